The van der Waals surface area contributed by atoms with Crippen LogP contribution in [0.5, 0.6) is 5.75 Å². The Labute approximate surface area is 207 Å². The molecule has 4 rings (SSSR count). The zero-order valence-electron chi connectivity index (χ0n) is 19.5. The number of nitrogens with zero attached hydrogens (tertiary/aromatic N) is 2. The van der Waals surface area contributed by atoms with Gasteiger partial charge in [-0.3, -0.25) is 15.0 Å². The zero-order chi connectivity index (χ0) is 23.8. The van der Waals surface area contributed by atoms with Gasteiger partial charge in [-0.15, -0.1) is 0 Å². The summed E-state index contributed by atoms with van der Waals surface area (Å²) in [5, 5.41) is 3.37. The minimum atomic E-state index is -0.194. The number of carbonyl (C=O) groups excluding carboxylic acids is 1. The fourth-order valence-electron chi connectivity index (χ4n) is 4.24. The van der Waals surface area contributed by atoms with Gasteiger partial charge in [0.15, 0.2) is 5.11 Å². The van der Waals surface area contributed by atoms with Gasteiger partial charge in [0.1, 0.15) is 5.75 Å². The highest BCUT2D eigenvalue weighted by atomic mass is 32.1. The standard InChI is InChI=1S/C28H31N3O2S/c1-2-21-33-25-15-13-24(14-16-25)27(32)29-28(34)31-19-17-30(18-20-31)26(22-9-5-3-6-10-22)23-11-7-4-8-12-23/h3-16,26H,2,17-21H2,1H3,(H,29,32,34). The van der Waals surface area contributed by atoms with Gasteiger partial charge in [0.05, 0.1) is 12.6 Å². The lowest BCUT2D eigenvalue weighted by atomic mass is 9.96. The molecule has 0 radical (unpaired) electrons. The number of rotatable bonds is 7. The SMILES string of the molecule is CCCOc1ccc(C(=O)NC(=S)N2CCN(C(c3ccccc3)c3ccccc3)CC2)cc1. The average Bonchev–Trinajstić information content (AvgIpc) is 2.89. The highest BCUT2D eigenvalue weighted by Gasteiger charge is 2.27. The summed E-state index contributed by atoms with van der Waals surface area (Å²) >= 11 is 5.58. The van der Waals surface area contributed by atoms with Crippen molar-refractivity contribution < 1.29 is 9.53 Å². The number of hydrogen-bond acceptors (Lipinski definition) is 4. The predicted octanol–water partition coefficient (Wildman–Crippen LogP) is 4.90. The van der Waals surface area contributed by atoms with Crippen molar-refractivity contribution in [2.75, 3.05) is 32.8 Å². The molecule has 5 nitrogen and oxygen atoms in total. The fraction of sp³-hybridized carbons (Fsp3) is 0.286. The van der Waals surface area contributed by atoms with Crippen molar-refractivity contribution in [1.82, 2.24) is 15.1 Å². The van der Waals surface area contributed by atoms with Gasteiger partial charge in [0, 0.05) is 31.7 Å². The normalized spacial score (nSPS) is 14.1. The molecule has 1 saturated heterocycles. The molecular weight excluding hydrogens is 442 g/mol. The lowest BCUT2D eigenvalue weighted by Gasteiger charge is -2.40. The third kappa shape index (κ3) is 6.01. The number of hydrogen-bond donors (Lipinski definition) is 1. The van der Waals surface area contributed by atoms with E-state index >= 15 is 0 Å². The molecule has 0 spiro atoms. The van der Waals surface area contributed by atoms with Crippen LogP contribution in [0, 0.1) is 0 Å². The number of nitrogens with one attached hydrogen (secondary N) is 1. The Kier molecular flexibility index (Phi) is 8.28. The van der Waals surface area contributed by atoms with E-state index in [0.717, 1.165) is 38.3 Å². The van der Waals surface area contributed by atoms with E-state index in [1.54, 1.807) is 12.1 Å². The summed E-state index contributed by atoms with van der Waals surface area (Å²) in [6, 6.07) is 28.6. The maximum atomic E-state index is 12.7. The van der Waals surface area contributed by atoms with Crippen molar-refractivity contribution in [3.63, 3.8) is 0 Å². The van der Waals surface area contributed by atoms with E-state index < -0.39 is 0 Å². The molecule has 1 N–H and O–H groups in total. The summed E-state index contributed by atoms with van der Waals surface area (Å²) in [4.78, 5) is 17.3. The van der Waals surface area contributed by atoms with Gasteiger partial charge in [-0.25, -0.2) is 0 Å². The van der Waals surface area contributed by atoms with Crippen molar-refractivity contribution in [3.05, 3.63) is 102 Å². The third-order valence-electron chi connectivity index (χ3n) is 6.01. The molecule has 3 aromatic carbocycles. The first-order valence-corrected chi connectivity index (χ1v) is 12.2. The molecule has 0 unspecified atom stereocenters. The van der Waals surface area contributed by atoms with E-state index in [0.29, 0.717) is 17.3 Å². The summed E-state index contributed by atoms with van der Waals surface area (Å²) < 4.78 is 5.59. The van der Waals surface area contributed by atoms with Crippen molar-refractivity contribution >= 4 is 23.2 Å². The smallest absolute Gasteiger partial charge is 0.257 e. The molecule has 3 aromatic rings. The highest BCUT2D eigenvalue weighted by Crippen LogP contribution is 2.29. The number of ether oxygens (including phenoxy) is 1. The van der Waals surface area contributed by atoms with Crippen molar-refractivity contribution in [3.8, 4) is 5.75 Å². The topological polar surface area (TPSA) is 44.8 Å². The molecule has 1 fully saturated rings. The summed E-state index contributed by atoms with van der Waals surface area (Å²) in [5.74, 6) is 0.574. The molecule has 0 saturated carbocycles. The van der Waals surface area contributed by atoms with Crippen molar-refractivity contribution in [2.45, 2.75) is 19.4 Å². The van der Waals surface area contributed by atoms with Crippen LogP contribution in [0.25, 0.3) is 0 Å². The highest BCUT2D eigenvalue weighted by molar-refractivity contribution is 7.80. The van der Waals surface area contributed by atoms with Gasteiger partial charge in [0.2, 0.25) is 0 Å². The third-order valence-corrected chi connectivity index (χ3v) is 6.37. The van der Waals surface area contributed by atoms with Crippen LogP contribution in [-0.2, 0) is 0 Å². The van der Waals surface area contributed by atoms with Gasteiger partial charge in [-0.1, -0.05) is 67.6 Å². The molecule has 0 atom stereocenters. The van der Waals surface area contributed by atoms with E-state index in [9.17, 15) is 4.79 Å². The summed E-state index contributed by atoms with van der Waals surface area (Å²) in [7, 11) is 0. The lowest BCUT2D eigenvalue weighted by molar-refractivity contribution is 0.0967. The number of benzene rings is 3. The van der Waals surface area contributed by atoms with Crippen LogP contribution in [-0.4, -0.2) is 53.6 Å². The number of piperazine rings is 1. The molecule has 6 heteroatoms. The summed E-state index contributed by atoms with van der Waals surface area (Å²) in [5.41, 5.74) is 3.13. The second-order valence-corrected chi connectivity index (χ2v) is 8.77. The van der Waals surface area contributed by atoms with E-state index in [-0.39, 0.29) is 11.9 Å². The maximum absolute atomic E-state index is 12.7. The minimum absolute atomic E-state index is 0.194. The van der Waals surface area contributed by atoms with Gasteiger partial charge < -0.3 is 9.64 Å². The molecule has 1 heterocycles. The quantitative estimate of drug-likeness (QED) is 0.495. The van der Waals surface area contributed by atoms with Gasteiger partial charge in [-0.2, -0.15) is 0 Å². The number of amides is 1. The van der Waals surface area contributed by atoms with Gasteiger partial charge >= 0.3 is 0 Å². The molecule has 34 heavy (non-hydrogen) atoms. The number of carbonyl (C=O) groups is 1. The minimum Gasteiger partial charge on any atom is -0.494 e. The van der Waals surface area contributed by atoms with Crippen LogP contribution in [0.15, 0.2) is 84.9 Å². The van der Waals surface area contributed by atoms with Crippen LogP contribution < -0.4 is 10.1 Å². The van der Waals surface area contributed by atoms with Crippen LogP contribution >= 0.6 is 12.2 Å². The molecule has 1 aliphatic rings. The van der Waals surface area contributed by atoms with E-state index in [1.165, 1.54) is 11.1 Å². The molecule has 176 valence electrons. The summed E-state index contributed by atoms with van der Waals surface area (Å²) in [6.45, 7) is 5.96. The lowest BCUT2D eigenvalue weighted by Crippen LogP contribution is -2.53. The first-order chi connectivity index (χ1) is 16.7. The average molecular weight is 474 g/mol. The Morgan fingerprint density at radius 3 is 1.97 bits per heavy atom. The second kappa shape index (κ2) is 11.8. The van der Waals surface area contributed by atoms with Crippen LogP contribution in [0.2, 0.25) is 0 Å². The van der Waals surface area contributed by atoms with E-state index in [1.807, 2.05) is 12.1 Å². The van der Waals surface area contributed by atoms with Crippen LogP contribution in [0.1, 0.15) is 40.9 Å². The zero-order valence-corrected chi connectivity index (χ0v) is 20.3. The molecule has 0 aliphatic carbocycles. The molecule has 1 amide bonds. The Morgan fingerprint density at radius 2 is 1.44 bits per heavy atom. The first-order valence-electron chi connectivity index (χ1n) is 11.8. The Balaban J connectivity index is 1.36. The maximum Gasteiger partial charge on any atom is 0.257 e. The van der Waals surface area contributed by atoms with Crippen LogP contribution in [0.4, 0.5) is 0 Å². The van der Waals surface area contributed by atoms with Gasteiger partial charge in [-0.05, 0) is 54.0 Å². The largest absolute Gasteiger partial charge is 0.494 e. The predicted molar refractivity (Wildman–Crippen MR) is 140 cm³/mol. The molecule has 1 aliphatic heterocycles. The van der Waals surface area contributed by atoms with Gasteiger partial charge in [0.25, 0.3) is 5.91 Å². The Hall–Kier alpha value is -3.22. The first kappa shape index (κ1) is 23.9. The molecule has 0 aromatic heterocycles. The Morgan fingerprint density at radius 1 is 0.882 bits per heavy atom. The van der Waals surface area contributed by atoms with Crippen molar-refractivity contribution in [1.29, 1.82) is 0 Å². The monoisotopic (exact) mass is 473 g/mol. The molecule has 0 bridgehead atoms. The fourth-order valence-corrected chi connectivity index (χ4v) is 4.51. The van der Waals surface area contributed by atoms with E-state index in [4.69, 9.17) is 17.0 Å². The summed E-state index contributed by atoms with van der Waals surface area (Å²) in [6.07, 6.45) is 0.946. The van der Waals surface area contributed by atoms with Crippen LogP contribution in [0.3, 0.4) is 0 Å². The Bertz CT molecular complexity index is 1030. The van der Waals surface area contributed by atoms with Crippen molar-refractivity contribution in [2.24, 2.45) is 0 Å². The molecular formula is C28H31N3O2S. The second-order valence-electron chi connectivity index (χ2n) is 8.38. The number of thiocarbonyl (C=S) groups is 1. The van der Waals surface area contributed by atoms with E-state index in [2.05, 4.69) is 82.7 Å².